The Bertz CT molecular complexity index is 947. The zero-order valence-electron chi connectivity index (χ0n) is 18.5. The van der Waals surface area contributed by atoms with E-state index in [1.165, 1.54) is 10.5 Å². The molecule has 2 aromatic carbocycles. The predicted octanol–water partition coefficient (Wildman–Crippen LogP) is 4.15. The van der Waals surface area contributed by atoms with Gasteiger partial charge in [-0.15, -0.1) is 0 Å². The van der Waals surface area contributed by atoms with E-state index in [1.807, 2.05) is 43.3 Å². The molecule has 160 valence electrons. The summed E-state index contributed by atoms with van der Waals surface area (Å²) in [5, 5.41) is 2.82. The van der Waals surface area contributed by atoms with Crippen LogP contribution in [0.5, 0.6) is 11.5 Å². The van der Waals surface area contributed by atoms with Crippen molar-refractivity contribution in [3.05, 3.63) is 59.2 Å². The highest BCUT2D eigenvalue weighted by molar-refractivity contribution is 6.07. The first-order chi connectivity index (χ1) is 14.1. The van der Waals surface area contributed by atoms with E-state index >= 15 is 0 Å². The van der Waals surface area contributed by atoms with Crippen LogP contribution in [0.3, 0.4) is 0 Å². The van der Waals surface area contributed by atoms with Crippen LogP contribution < -0.4 is 14.8 Å². The van der Waals surface area contributed by atoms with Crippen LogP contribution in [0.25, 0.3) is 0 Å². The standard InChI is InChI=1S/C24H30N2O4/c1-16-15-18(9-12-20(16)29-6)24(5)21(27)26(22(28)25-24)13-14-30-19-10-7-17(8-11-19)23(2,3)4/h7-12,15H,13-14H2,1-6H3,(H,25,28). The molecule has 1 atom stereocenters. The number of methoxy groups -OCH3 is 1. The fraction of sp³-hybridized carbons (Fsp3) is 0.417. The number of amides is 3. The Balaban J connectivity index is 1.66. The molecule has 30 heavy (non-hydrogen) atoms. The van der Waals surface area contributed by atoms with E-state index in [0.29, 0.717) is 5.75 Å². The molecule has 1 unspecified atom stereocenters. The van der Waals surface area contributed by atoms with Crippen LogP contribution in [0.1, 0.15) is 44.4 Å². The molecule has 2 aromatic rings. The molecule has 1 heterocycles. The lowest BCUT2D eigenvalue weighted by Crippen LogP contribution is -2.41. The summed E-state index contributed by atoms with van der Waals surface area (Å²) in [5.74, 6) is 1.16. The minimum Gasteiger partial charge on any atom is -0.496 e. The van der Waals surface area contributed by atoms with E-state index in [2.05, 4.69) is 26.1 Å². The summed E-state index contributed by atoms with van der Waals surface area (Å²) in [4.78, 5) is 26.8. The van der Waals surface area contributed by atoms with Gasteiger partial charge in [-0.1, -0.05) is 39.0 Å². The number of urea groups is 1. The maximum absolute atomic E-state index is 13.1. The number of nitrogens with zero attached hydrogens (tertiary/aromatic N) is 1. The topological polar surface area (TPSA) is 67.9 Å². The lowest BCUT2D eigenvalue weighted by atomic mass is 9.87. The highest BCUT2D eigenvalue weighted by Crippen LogP contribution is 2.31. The minimum absolute atomic E-state index is 0.0723. The molecule has 1 fully saturated rings. The number of ether oxygens (including phenoxy) is 2. The van der Waals surface area contributed by atoms with Crippen LogP contribution in [-0.2, 0) is 15.7 Å². The van der Waals surface area contributed by atoms with Gasteiger partial charge in [0.05, 0.1) is 13.7 Å². The zero-order valence-corrected chi connectivity index (χ0v) is 18.5. The average Bonchev–Trinajstić information content (AvgIpc) is 2.91. The van der Waals surface area contributed by atoms with Gasteiger partial charge in [-0.05, 0) is 60.2 Å². The summed E-state index contributed by atoms with van der Waals surface area (Å²) in [6.45, 7) is 10.5. The molecule has 1 saturated heterocycles. The first-order valence-electron chi connectivity index (χ1n) is 10.1. The second-order valence-corrected chi connectivity index (χ2v) is 8.82. The molecule has 6 heteroatoms. The Labute approximate surface area is 178 Å². The van der Waals surface area contributed by atoms with Crippen LogP contribution in [0.15, 0.2) is 42.5 Å². The molecule has 1 N–H and O–H groups in total. The molecule has 1 aliphatic heterocycles. The summed E-state index contributed by atoms with van der Waals surface area (Å²) in [5.41, 5.74) is 1.80. The van der Waals surface area contributed by atoms with Crippen molar-refractivity contribution in [2.45, 2.75) is 45.6 Å². The van der Waals surface area contributed by atoms with Crippen molar-refractivity contribution in [1.29, 1.82) is 0 Å². The van der Waals surface area contributed by atoms with E-state index in [0.717, 1.165) is 16.9 Å². The second kappa shape index (κ2) is 8.01. The van der Waals surface area contributed by atoms with Crippen LogP contribution in [0, 0.1) is 6.92 Å². The Morgan fingerprint density at radius 2 is 1.73 bits per heavy atom. The number of benzene rings is 2. The highest BCUT2D eigenvalue weighted by atomic mass is 16.5. The number of rotatable bonds is 6. The van der Waals surface area contributed by atoms with Gasteiger partial charge in [-0.2, -0.15) is 0 Å². The Kier molecular flexibility index (Phi) is 5.79. The van der Waals surface area contributed by atoms with Gasteiger partial charge in [-0.25, -0.2) is 4.79 Å². The van der Waals surface area contributed by atoms with E-state index in [9.17, 15) is 9.59 Å². The highest BCUT2D eigenvalue weighted by Gasteiger charge is 2.48. The second-order valence-electron chi connectivity index (χ2n) is 8.82. The molecule has 0 aliphatic carbocycles. The molecule has 0 bridgehead atoms. The smallest absolute Gasteiger partial charge is 0.325 e. The molecule has 1 aliphatic rings. The third kappa shape index (κ3) is 4.13. The van der Waals surface area contributed by atoms with Gasteiger partial charge >= 0.3 is 6.03 Å². The van der Waals surface area contributed by atoms with Crippen molar-refractivity contribution in [3.8, 4) is 11.5 Å². The average molecular weight is 411 g/mol. The fourth-order valence-corrected chi connectivity index (χ4v) is 3.59. The molecule has 3 amide bonds. The summed E-state index contributed by atoms with van der Waals surface area (Å²) >= 11 is 0. The summed E-state index contributed by atoms with van der Waals surface area (Å²) < 4.78 is 11.1. The molecule has 6 nitrogen and oxygen atoms in total. The van der Waals surface area contributed by atoms with Crippen LogP contribution in [-0.4, -0.2) is 37.1 Å². The van der Waals surface area contributed by atoms with Crippen LogP contribution >= 0.6 is 0 Å². The molecule has 0 spiro atoms. The van der Waals surface area contributed by atoms with E-state index in [-0.39, 0.29) is 24.5 Å². The Hall–Kier alpha value is -3.02. The molecule has 3 rings (SSSR count). The quantitative estimate of drug-likeness (QED) is 0.727. The van der Waals surface area contributed by atoms with Gasteiger partial charge in [-0.3, -0.25) is 9.69 Å². The lowest BCUT2D eigenvalue weighted by molar-refractivity contribution is -0.131. The van der Waals surface area contributed by atoms with Gasteiger partial charge in [0.1, 0.15) is 23.6 Å². The lowest BCUT2D eigenvalue weighted by Gasteiger charge is -2.23. The number of carbonyl (C=O) groups excluding carboxylic acids is 2. The third-order valence-electron chi connectivity index (χ3n) is 5.55. The van der Waals surface area contributed by atoms with Gasteiger partial charge < -0.3 is 14.8 Å². The van der Waals surface area contributed by atoms with Crippen molar-refractivity contribution in [3.63, 3.8) is 0 Å². The van der Waals surface area contributed by atoms with E-state index < -0.39 is 11.6 Å². The summed E-state index contributed by atoms with van der Waals surface area (Å²) in [7, 11) is 1.60. The number of imide groups is 1. The van der Waals surface area contributed by atoms with Gasteiger partial charge in [0.2, 0.25) is 0 Å². The van der Waals surface area contributed by atoms with Crippen molar-refractivity contribution < 1.29 is 19.1 Å². The number of carbonyl (C=O) groups is 2. The molecular formula is C24H30N2O4. The fourth-order valence-electron chi connectivity index (χ4n) is 3.59. The molecule has 0 aromatic heterocycles. The van der Waals surface area contributed by atoms with Crippen LogP contribution in [0.4, 0.5) is 4.79 Å². The first kappa shape index (κ1) is 21.7. The maximum Gasteiger partial charge on any atom is 0.325 e. The molecule has 0 saturated carbocycles. The maximum atomic E-state index is 13.1. The van der Waals surface area contributed by atoms with Crippen molar-refractivity contribution in [1.82, 2.24) is 10.2 Å². The van der Waals surface area contributed by atoms with Gasteiger partial charge in [0, 0.05) is 0 Å². The SMILES string of the molecule is COc1ccc(C2(C)NC(=O)N(CCOc3ccc(C(C)(C)C)cc3)C2=O)cc1C. The largest absolute Gasteiger partial charge is 0.496 e. The number of nitrogens with one attached hydrogen (secondary N) is 1. The Morgan fingerprint density at radius 3 is 2.30 bits per heavy atom. The van der Waals surface area contributed by atoms with Crippen molar-refractivity contribution in [2.75, 3.05) is 20.3 Å². The summed E-state index contributed by atoms with van der Waals surface area (Å²) in [6.07, 6.45) is 0. The molecule has 0 radical (unpaired) electrons. The third-order valence-corrected chi connectivity index (χ3v) is 5.55. The number of hydrogen-bond acceptors (Lipinski definition) is 4. The minimum atomic E-state index is -1.11. The monoisotopic (exact) mass is 410 g/mol. The van der Waals surface area contributed by atoms with E-state index in [4.69, 9.17) is 9.47 Å². The van der Waals surface area contributed by atoms with Crippen molar-refractivity contribution >= 4 is 11.9 Å². The van der Waals surface area contributed by atoms with Crippen LogP contribution in [0.2, 0.25) is 0 Å². The number of aryl methyl sites for hydroxylation is 1. The Morgan fingerprint density at radius 1 is 1.07 bits per heavy atom. The first-order valence-corrected chi connectivity index (χ1v) is 10.1. The predicted molar refractivity (Wildman–Crippen MR) is 116 cm³/mol. The van der Waals surface area contributed by atoms with E-state index in [1.54, 1.807) is 20.1 Å². The van der Waals surface area contributed by atoms with Gasteiger partial charge in [0.25, 0.3) is 5.91 Å². The summed E-state index contributed by atoms with van der Waals surface area (Å²) in [6, 6.07) is 13.0. The molecular weight excluding hydrogens is 380 g/mol. The van der Waals surface area contributed by atoms with Gasteiger partial charge in [0.15, 0.2) is 0 Å². The van der Waals surface area contributed by atoms with Crippen molar-refractivity contribution in [2.24, 2.45) is 0 Å². The zero-order chi connectivity index (χ0) is 22.1. The number of hydrogen-bond donors (Lipinski definition) is 1. The normalized spacial score (nSPS) is 19.1.